The van der Waals surface area contributed by atoms with Crippen molar-refractivity contribution in [2.24, 2.45) is 5.92 Å². The third-order valence-electron chi connectivity index (χ3n) is 5.05. The van der Waals surface area contributed by atoms with Gasteiger partial charge in [0.2, 0.25) is 5.91 Å². The summed E-state index contributed by atoms with van der Waals surface area (Å²) in [6.45, 7) is 1.85. The second kappa shape index (κ2) is 8.57. The molecule has 2 aromatic carbocycles. The van der Waals surface area contributed by atoms with Gasteiger partial charge < -0.3 is 10.6 Å². The summed E-state index contributed by atoms with van der Waals surface area (Å²) in [5.41, 5.74) is 2.21. The number of nitrogens with zero attached hydrogens (tertiary/aromatic N) is 1. The fourth-order valence-corrected chi connectivity index (χ4v) is 3.71. The second-order valence-corrected chi connectivity index (χ2v) is 8.26. The number of nitrogens with one attached hydrogen (secondary N) is 2. The Morgan fingerprint density at radius 2 is 1.71 bits per heavy atom. The van der Waals surface area contributed by atoms with Crippen molar-refractivity contribution in [3.63, 3.8) is 0 Å². The molecule has 0 radical (unpaired) electrons. The molecule has 0 unspecified atom stereocenters. The van der Waals surface area contributed by atoms with Crippen molar-refractivity contribution in [2.75, 3.05) is 10.6 Å². The van der Waals surface area contributed by atoms with Gasteiger partial charge in [-0.1, -0.05) is 35.3 Å². The number of para-hydroxylation sites is 1. The molecule has 158 valence electrons. The van der Waals surface area contributed by atoms with E-state index in [1.807, 2.05) is 13.0 Å². The zero-order valence-corrected chi connectivity index (χ0v) is 18.1. The van der Waals surface area contributed by atoms with Crippen LogP contribution in [0.3, 0.4) is 0 Å². The highest BCUT2D eigenvalue weighted by molar-refractivity contribution is 6.37. The monoisotopic (exact) mass is 455 g/mol. The molecule has 2 amide bonds. The molecule has 3 aromatic rings. The largest absolute Gasteiger partial charge is 0.326 e. The Kier molecular flexibility index (Phi) is 5.85. The van der Waals surface area contributed by atoms with E-state index in [0.717, 1.165) is 18.4 Å². The number of anilines is 2. The molecule has 8 heteroatoms. The number of carbonyl (C=O) groups excluding carboxylic acids is 2. The third kappa shape index (κ3) is 4.65. The van der Waals surface area contributed by atoms with Gasteiger partial charge in [0.1, 0.15) is 0 Å². The van der Waals surface area contributed by atoms with Gasteiger partial charge in [0.05, 0.1) is 21.3 Å². The summed E-state index contributed by atoms with van der Waals surface area (Å²) in [7, 11) is 0. The fraction of sp³-hybridized carbons (Fsp3) is 0.174. The fourth-order valence-electron chi connectivity index (χ4n) is 3.13. The van der Waals surface area contributed by atoms with E-state index < -0.39 is 5.91 Å². The predicted molar refractivity (Wildman–Crippen MR) is 123 cm³/mol. The van der Waals surface area contributed by atoms with Crippen molar-refractivity contribution in [2.45, 2.75) is 19.8 Å². The van der Waals surface area contributed by atoms with E-state index in [4.69, 9.17) is 23.2 Å². The van der Waals surface area contributed by atoms with Crippen LogP contribution >= 0.6 is 23.2 Å². The van der Waals surface area contributed by atoms with E-state index in [2.05, 4.69) is 10.6 Å². The Hall–Kier alpha value is -3.09. The van der Waals surface area contributed by atoms with Gasteiger partial charge in [-0.25, -0.2) is 0 Å². The standard InChI is InChI=1S/C23H19Cl2N3O3/c1-13-5-9-16(26-22(30)14-6-7-14)11-19(13)27-23(31)15-8-10-20(29)28(12-15)21-17(24)3-2-4-18(21)25/h2-5,8-12,14H,6-7H2,1H3,(H,26,30)(H,27,31). The zero-order chi connectivity index (χ0) is 22.1. The average Bonchev–Trinajstić information content (AvgIpc) is 3.57. The minimum absolute atomic E-state index is 0.00942. The van der Waals surface area contributed by atoms with Crippen molar-refractivity contribution < 1.29 is 9.59 Å². The number of amides is 2. The smallest absolute Gasteiger partial charge is 0.257 e. The first-order valence-corrected chi connectivity index (χ1v) is 10.5. The first kappa shape index (κ1) is 21.2. The van der Waals surface area contributed by atoms with Crippen molar-refractivity contribution in [1.29, 1.82) is 0 Å². The lowest BCUT2D eigenvalue weighted by atomic mass is 10.1. The Labute approximate surface area is 188 Å². The minimum Gasteiger partial charge on any atom is -0.326 e. The number of aromatic nitrogens is 1. The average molecular weight is 456 g/mol. The zero-order valence-electron chi connectivity index (χ0n) is 16.6. The highest BCUT2D eigenvalue weighted by Crippen LogP contribution is 2.31. The van der Waals surface area contributed by atoms with Gasteiger partial charge >= 0.3 is 0 Å². The summed E-state index contributed by atoms with van der Waals surface area (Å²) < 4.78 is 1.25. The van der Waals surface area contributed by atoms with Gasteiger partial charge in [-0.15, -0.1) is 0 Å². The Bertz CT molecular complexity index is 1230. The number of hydrogen-bond donors (Lipinski definition) is 2. The van der Waals surface area contributed by atoms with E-state index in [0.29, 0.717) is 27.1 Å². The summed E-state index contributed by atoms with van der Waals surface area (Å²) >= 11 is 12.4. The van der Waals surface area contributed by atoms with Crippen LogP contribution in [-0.2, 0) is 4.79 Å². The molecule has 0 atom stereocenters. The number of pyridine rings is 1. The van der Waals surface area contributed by atoms with Crippen molar-refractivity contribution in [3.8, 4) is 5.69 Å². The Morgan fingerprint density at radius 1 is 1.00 bits per heavy atom. The van der Waals surface area contributed by atoms with Crippen LogP contribution in [0.5, 0.6) is 0 Å². The minimum atomic E-state index is -0.411. The molecule has 0 spiro atoms. The summed E-state index contributed by atoms with van der Waals surface area (Å²) in [4.78, 5) is 37.3. The van der Waals surface area contributed by atoms with E-state index in [-0.39, 0.29) is 22.9 Å². The number of halogens is 2. The van der Waals surface area contributed by atoms with Crippen molar-refractivity contribution in [3.05, 3.63) is 86.3 Å². The first-order chi connectivity index (χ1) is 14.8. The maximum absolute atomic E-state index is 12.9. The number of aryl methyl sites for hydroxylation is 1. The maximum atomic E-state index is 12.9. The molecule has 1 heterocycles. The van der Waals surface area contributed by atoms with E-state index >= 15 is 0 Å². The highest BCUT2D eigenvalue weighted by Gasteiger charge is 2.29. The SMILES string of the molecule is Cc1ccc(NC(=O)C2CC2)cc1NC(=O)c1ccc(=O)n(-c2c(Cl)cccc2Cl)c1. The molecule has 1 fully saturated rings. The van der Waals surface area contributed by atoms with Crippen LogP contribution in [0.2, 0.25) is 10.0 Å². The van der Waals surface area contributed by atoms with Crippen LogP contribution in [0.25, 0.3) is 5.69 Å². The molecule has 1 aromatic heterocycles. The lowest BCUT2D eigenvalue weighted by molar-refractivity contribution is -0.117. The van der Waals surface area contributed by atoms with Gasteiger partial charge in [0.15, 0.2) is 0 Å². The molecule has 0 bridgehead atoms. The Morgan fingerprint density at radius 3 is 2.39 bits per heavy atom. The quantitative estimate of drug-likeness (QED) is 0.564. The molecular weight excluding hydrogens is 437 g/mol. The number of carbonyl (C=O) groups is 2. The topological polar surface area (TPSA) is 80.2 Å². The highest BCUT2D eigenvalue weighted by atomic mass is 35.5. The van der Waals surface area contributed by atoms with Gasteiger partial charge in [-0.05, 0) is 55.7 Å². The predicted octanol–water partition coefficient (Wildman–Crippen LogP) is 5.05. The second-order valence-electron chi connectivity index (χ2n) is 7.44. The molecule has 31 heavy (non-hydrogen) atoms. The van der Waals surface area contributed by atoms with Crippen LogP contribution in [-0.4, -0.2) is 16.4 Å². The van der Waals surface area contributed by atoms with E-state index in [9.17, 15) is 14.4 Å². The van der Waals surface area contributed by atoms with E-state index in [1.54, 1.807) is 30.3 Å². The van der Waals surface area contributed by atoms with Crippen LogP contribution in [0.1, 0.15) is 28.8 Å². The summed E-state index contributed by atoms with van der Waals surface area (Å²) in [6.07, 6.45) is 3.22. The van der Waals surface area contributed by atoms with Gasteiger partial charge in [-0.3, -0.25) is 19.0 Å². The molecular formula is C23H19Cl2N3O3. The van der Waals surface area contributed by atoms with Crippen molar-refractivity contribution >= 4 is 46.4 Å². The summed E-state index contributed by atoms with van der Waals surface area (Å²) in [5, 5.41) is 6.30. The lowest BCUT2D eigenvalue weighted by Crippen LogP contribution is -2.21. The molecule has 0 aliphatic heterocycles. The number of benzene rings is 2. The number of hydrogen-bond acceptors (Lipinski definition) is 3. The molecule has 2 N–H and O–H groups in total. The molecule has 6 nitrogen and oxygen atoms in total. The number of rotatable bonds is 5. The van der Waals surface area contributed by atoms with Crippen LogP contribution < -0.4 is 16.2 Å². The third-order valence-corrected chi connectivity index (χ3v) is 5.66. The molecule has 4 rings (SSSR count). The first-order valence-electron chi connectivity index (χ1n) is 9.73. The van der Waals surface area contributed by atoms with Crippen molar-refractivity contribution in [1.82, 2.24) is 4.57 Å². The normalized spacial score (nSPS) is 13.0. The molecule has 1 aliphatic carbocycles. The van der Waals surface area contributed by atoms with E-state index in [1.165, 1.54) is 22.9 Å². The van der Waals surface area contributed by atoms with Gasteiger partial charge in [-0.2, -0.15) is 0 Å². The maximum Gasteiger partial charge on any atom is 0.257 e. The molecule has 1 saturated carbocycles. The Balaban J connectivity index is 1.61. The van der Waals surface area contributed by atoms with Gasteiger partial charge in [0.25, 0.3) is 11.5 Å². The van der Waals surface area contributed by atoms with Gasteiger partial charge in [0, 0.05) is 29.6 Å². The lowest BCUT2D eigenvalue weighted by Gasteiger charge is -2.13. The molecule has 1 aliphatic rings. The van der Waals surface area contributed by atoms with Crippen LogP contribution in [0.4, 0.5) is 11.4 Å². The summed E-state index contributed by atoms with van der Waals surface area (Å²) in [5.74, 6) is -0.340. The summed E-state index contributed by atoms with van der Waals surface area (Å²) in [6, 6.07) is 13.0. The molecule has 0 saturated heterocycles. The van der Waals surface area contributed by atoms with Crippen LogP contribution in [0, 0.1) is 12.8 Å². The van der Waals surface area contributed by atoms with Crippen LogP contribution in [0.15, 0.2) is 59.5 Å².